The van der Waals surface area contributed by atoms with Crippen LogP contribution in [0, 0.1) is 0 Å². The van der Waals surface area contributed by atoms with Gasteiger partial charge >= 0.3 is 6.18 Å². The van der Waals surface area contributed by atoms with Crippen LogP contribution in [0.2, 0.25) is 0 Å². The second-order valence-corrected chi connectivity index (χ2v) is 9.66. The second kappa shape index (κ2) is 11.1. The van der Waals surface area contributed by atoms with Gasteiger partial charge in [0.15, 0.2) is 0 Å². The highest BCUT2D eigenvalue weighted by atomic mass is 32.2. The normalized spacial score (nSPS) is 14.1. The number of halogens is 3. The van der Waals surface area contributed by atoms with Crippen molar-refractivity contribution in [1.82, 2.24) is 10.2 Å². The molecule has 34 heavy (non-hydrogen) atoms. The molecule has 0 aromatic heterocycles. The molecule has 0 atom stereocenters. The van der Waals surface area contributed by atoms with Gasteiger partial charge < -0.3 is 10.2 Å². The minimum absolute atomic E-state index is 0.0260. The van der Waals surface area contributed by atoms with Crippen LogP contribution in [0.1, 0.15) is 55.7 Å². The molecule has 1 fully saturated rings. The average molecular weight is 491 g/mol. The summed E-state index contributed by atoms with van der Waals surface area (Å²) in [6, 6.07) is 11.3. The minimum atomic E-state index is -4.58. The first kappa shape index (κ1) is 25.9. The molecule has 0 radical (unpaired) electrons. The number of amides is 2. The van der Waals surface area contributed by atoms with Crippen molar-refractivity contribution in [3.8, 4) is 0 Å². The minimum Gasteiger partial charge on any atom is -0.352 e. The van der Waals surface area contributed by atoms with Gasteiger partial charge in [-0.2, -0.15) is 13.2 Å². The number of carbonyl (C=O) groups excluding carboxylic acids is 2. The molecule has 1 heterocycles. The van der Waals surface area contributed by atoms with Crippen LogP contribution in [-0.4, -0.2) is 36.3 Å². The zero-order chi connectivity index (χ0) is 24.9. The summed E-state index contributed by atoms with van der Waals surface area (Å²) in [5.41, 5.74) is 0.280. The molecule has 1 N–H and O–H groups in total. The molecule has 0 saturated carbocycles. The Kier molecular flexibility index (Phi) is 8.47. The van der Waals surface area contributed by atoms with Crippen molar-refractivity contribution in [1.29, 1.82) is 0 Å². The van der Waals surface area contributed by atoms with Gasteiger partial charge in [0, 0.05) is 41.4 Å². The largest absolute Gasteiger partial charge is 0.417 e. The van der Waals surface area contributed by atoms with E-state index in [1.165, 1.54) is 12.1 Å². The van der Waals surface area contributed by atoms with Crippen LogP contribution in [-0.2, 0) is 15.8 Å². The molecule has 0 bridgehead atoms. The van der Waals surface area contributed by atoms with Gasteiger partial charge in [-0.1, -0.05) is 56.5 Å². The van der Waals surface area contributed by atoms with Crippen LogP contribution in [0.4, 0.5) is 13.2 Å². The fourth-order valence-corrected chi connectivity index (χ4v) is 5.07. The molecule has 1 aliphatic rings. The molecular formula is C26H29F3N2O2S. The van der Waals surface area contributed by atoms with Crippen LogP contribution in [0.5, 0.6) is 0 Å². The lowest BCUT2D eigenvalue weighted by molar-refractivity contribution is -0.139. The van der Waals surface area contributed by atoms with Gasteiger partial charge in [0.1, 0.15) is 0 Å². The number of hydrogen-bond donors (Lipinski definition) is 1. The van der Waals surface area contributed by atoms with Crippen molar-refractivity contribution in [2.24, 2.45) is 0 Å². The Morgan fingerprint density at radius 2 is 1.91 bits per heavy atom. The first-order valence-corrected chi connectivity index (χ1v) is 12.1. The predicted octanol–water partition coefficient (Wildman–Crippen LogP) is 6.12. The molecule has 4 nitrogen and oxygen atoms in total. The van der Waals surface area contributed by atoms with Gasteiger partial charge in [0.05, 0.1) is 5.56 Å². The third kappa shape index (κ3) is 6.44. The van der Waals surface area contributed by atoms with E-state index >= 15 is 0 Å². The van der Waals surface area contributed by atoms with E-state index in [0.717, 1.165) is 41.3 Å². The summed E-state index contributed by atoms with van der Waals surface area (Å²) in [6.45, 7) is 9.30. The Hall–Kier alpha value is -2.74. The van der Waals surface area contributed by atoms with E-state index in [0.29, 0.717) is 25.9 Å². The van der Waals surface area contributed by atoms with Crippen LogP contribution in [0.15, 0.2) is 58.8 Å². The molecule has 3 rings (SSSR count). The highest BCUT2D eigenvalue weighted by molar-refractivity contribution is 7.99. The molecule has 1 aliphatic heterocycles. The monoisotopic (exact) mass is 490 g/mol. The maximum absolute atomic E-state index is 13.9. The molecule has 2 amide bonds. The standard InChI is InChI=1S/C26H29F3N2O2S/c1-17(2)20-8-4-5-9-22(20)34-23-12-11-19(16-21(23)26(27,28)29)18(3)25(33)30-13-7-15-31-14-6-10-24(31)32/h4-5,8-9,11-12,16-17H,3,6-7,10,13-15H2,1-2H3,(H,30,33). The molecule has 0 unspecified atom stereocenters. The van der Waals surface area contributed by atoms with Crippen LogP contribution in [0.25, 0.3) is 5.57 Å². The smallest absolute Gasteiger partial charge is 0.352 e. The molecule has 182 valence electrons. The molecule has 2 aromatic carbocycles. The fraction of sp³-hybridized carbons (Fsp3) is 0.385. The van der Waals surface area contributed by atoms with E-state index in [1.54, 1.807) is 4.90 Å². The molecule has 8 heteroatoms. The SMILES string of the molecule is C=C(C(=O)NCCCN1CCCC1=O)c1ccc(Sc2ccccc2C(C)C)c(C(F)(F)F)c1. The van der Waals surface area contributed by atoms with Crippen molar-refractivity contribution >= 4 is 29.1 Å². The summed E-state index contributed by atoms with van der Waals surface area (Å²) >= 11 is 1.07. The summed E-state index contributed by atoms with van der Waals surface area (Å²) in [7, 11) is 0. The maximum Gasteiger partial charge on any atom is 0.417 e. The Labute approximate surface area is 202 Å². The van der Waals surface area contributed by atoms with Crippen molar-refractivity contribution in [3.05, 3.63) is 65.7 Å². The number of alkyl halides is 3. The number of rotatable bonds is 9. The van der Waals surface area contributed by atoms with Gasteiger partial charge in [0.2, 0.25) is 5.91 Å². The first-order chi connectivity index (χ1) is 16.1. The number of nitrogens with zero attached hydrogens (tertiary/aromatic N) is 1. The van der Waals surface area contributed by atoms with E-state index in [-0.39, 0.29) is 27.9 Å². The van der Waals surface area contributed by atoms with Gasteiger partial charge in [-0.25, -0.2) is 0 Å². The zero-order valence-corrected chi connectivity index (χ0v) is 20.2. The second-order valence-electron chi connectivity index (χ2n) is 8.58. The first-order valence-electron chi connectivity index (χ1n) is 11.3. The van der Waals surface area contributed by atoms with Crippen LogP contribution < -0.4 is 5.32 Å². The fourth-order valence-electron chi connectivity index (χ4n) is 3.85. The Morgan fingerprint density at radius 3 is 2.56 bits per heavy atom. The van der Waals surface area contributed by atoms with Gasteiger partial charge in [-0.15, -0.1) is 0 Å². The highest BCUT2D eigenvalue weighted by Gasteiger charge is 2.34. The maximum atomic E-state index is 13.9. The topological polar surface area (TPSA) is 49.4 Å². The van der Waals surface area contributed by atoms with E-state index < -0.39 is 17.6 Å². The summed E-state index contributed by atoms with van der Waals surface area (Å²) in [6.07, 6.45) is -2.60. The number of nitrogens with one attached hydrogen (secondary N) is 1. The molecule has 0 aliphatic carbocycles. The van der Waals surface area contributed by atoms with Crippen molar-refractivity contribution in [2.75, 3.05) is 19.6 Å². The highest BCUT2D eigenvalue weighted by Crippen LogP contribution is 2.42. The number of hydrogen-bond acceptors (Lipinski definition) is 3. The van der Waals surface area contributed by atoms with Crippen LogP contribution >= 0.6 is 11.8 Å². The lowest BCUT2D eigenvalue weighted by atomic mass is 10.0. The van der Waals surface area contributed by atoms with Crippen molar-refractivity contribution in [3.63, 3.8) is 0 Å². The Morgan fingerprint density at radius 1 is 1.18 bits per heavy atom. The number of carbonyl (C=O) groups is 2. The third-order valence-corrected chi connectivity index (χ3v) is 6.90. The summed E-state index contributed by atoms with van der Waals surface area (Å²) in [4.78, 5) is 26.7. The molecule has 0 spiro atoms. The Balaban J connectivity index is 1.71. The molecule has 2 aromatic rings. The van der Waals surface area contributed by atoms with E-state index in [1.807, 2.05) is 38.1 Å². The number of likely N-dealkylation sites (tertiary alicyclic amines) is 1. The van der Waals surface area contributed by atoms with E-state index in [9.17, 15) is 22.8 Å². The summed E-state index contributed by atoms with van der Waals surface area (Å²) in [5.74, 6) is -0.236. The summed E-state index contributed by atoms with van der Waals surface area (Å²) in [5, 5.41) is 2.69. The van der Waals surface area contributed by atoms with E-state index in [2.05, 4.69) is 11.9 Å². The van der Waals surface area contributed by atoms with Gasteiger partial charge in [-0.3, -0.25) is 9.59 Å². The number of benzene rings is 2. The molecule has 1 saturated heterocycles. The van der Waals surface area contributed by atoms with E-state index in [4.69, 9.17) is 0 Å². The van der Waals surface area contributed by atoms with Gasteiger partial charge in [0.25, 0.3) is 5.91 Å². The van der Waals surface area contributed by atoms with Crippen LogP contribution in [0.3, 0.4) is 0 Å². The summed E-state index contributed by atoms with van der Waals surface area (Å²) < 4.78 is 41.7. The lowest BCUT2D eigenvalue weighted by Gasteiger charge is -2.18. The molecular weight excluding hydrogens is 461 g/mol. The van der Waals surface area contributed by atoms with Gasteiger partial charge in [-0.05, 0) is 48.1 Å². The zero-order valence-electron chi connectivity index (χ0n) is 19.4. The Bertz CT molecular complexity index is 1070. The van der Waals surface area contributed by atoms with Crippen molar-refractivity contribution < 1.29 is 22.8 Å². The third-order valence-electron chi connectivity index (χ3n) is 5.73. The van der Waals surface area contributed by atoms with Crippen molar-refractivity contribution in [2.45, 2.75) is 55.0 Å². The predicted molar refractivity (Wildman–Crippen MR) is 129 cm³/mol. The quantitative estimate of drug-likeness (QED) is 0.340. The average Bonchev–Trinajstić information content (AvgIpc) is 3.20. The lowest BCUT2D eigenvalue weighted by Crippen LogP contribution is -2.30.